The molecule has 0 aromatic heterocycles. The Morgan fingerprint density at radius 2 is 2.15 bits per heavy atom. The molecule has 2 N–H and O–H groups in total. The predicted octanol–water partition coefficient (Wildman–Crippen LogP) is 2.03. The van der Waals surface area contributed by atoms with Crippen LogP contribution >= 0.6 is 0 Å². The van der Waals surface area contributed by atoms with Crippen molar-refractivity contribution in [3.05, 3.63) is 18.2 Å². The van der Waals surface area contributed by atoms with E-state index in [1.807, 2.05) is 0 Å². The van der Waals surface area contributed by atoms with Gasteiger partial charge in [0, 0.05) is 18.0 Å². The van der Waals surface area contributed by atoms with Crippen molar-refractivity contribution in [2.24, 2.45) is 5.92 Å². The van der Waals surface area contributed by atoms with Gasteiger partial charge in [-0.25, -0.2) is 0 Å². The van der Waals surface area contributed by atoms with Gasteiger partial charge >= 0.3 is 0 Å². The first-order valence-electron chi connectivity index (χ1n) is 6.90. The van der Waals surface area contributed by atoms with Crippen LogP contribution in [0, 0.1) is 5.92 Å². The smallest absolute Gasteiger partial charge is 0.227 e. The number of piperidine rings is 1. The minimum Gasteiger partial charge on any atom is -0.497 e. The third-order valence-corrected chi connectivity index (χ3v) is 3.66. The van der Waals surface area contributed by atoms with Crippen LogP contribution in [0.5, 0.6) is 11.5 Å². The van der Waals surface area contributed by atoms with Gasteiger partial charge in [-0.2, -0.15) is 0 Å². The number of ether oxygens (including phenoxy) is 2. The fourth-order valence-electron chi connectivity index (χ4n) is 2.52. The van der Waals surface area contributed by atoms with Crippen molar-refractivity contribution < 1.29 is 14.3 Å². The zero-order valence-corrected chi connectivity index (χ0v) is 12.2. The van der Waals surface area contributed by atoms with Crippen molar-refractivity contribution in [3.63, 3.8) is 0 Å². The number of rotatable bonds is 4. The van der Waals surface area contributed by atoms with Crippen LogP contribution in [0.15, 0.2) is 18.2 Å². The second-order valence-electron chi connectivity index (χ2n) is 5.13. The molecular formula is C15H22N2O3. The molecule has 1 fully saturated rings. The number of methoxy groups -OCH3 is 2. The largest absolute Gasteiger partial charge is 0.497 e. The van der Waals surface area contributed by atoms with Crippen molar-refractivity contribution in [3.8, 4) is 11.5 Å². The lowest BCUT2D eigenvalue weighted by Gasteiger charge is -2.27. The molecule has 2 atom stereocenters. The fourth-order valence-corrected chi connectivity index (χ4v) is 2.52. The SMILES string of the molecule is COc1ccc(OC)c(NC(=O)[C@H]2CCN[C@@H](C)C2)c1. The molecule has 0 aliphatic carbocycles. The summed E-state index contributed by atoms with van der Waals surface area (Å²) in [7, 11) is 3.19. The van der Waals surface area contributed by atoms with Gasteiger partial charge in [0.25, 0.3) is 0 Å². The van der Waals surface area contributed by atoms with Gasteiger partial charge in [0.2, 0.25) is 5.91 Å². The molecule has 1 heterocycles. The molecule has 0 spiro atoms. The van der Waals surface area contributed by atoms with E-state index < -0.39 is 0 Å². The number of benzene rings is 1. The Hall–Kier alpha value is -1.75. The highest BCUT2D eigenvalue weighted by Crippen LogP contribution is 2.30. The van der Waals surface area contributed by atoms with Crippen molar-refractivity contribution in [2.75, 3.05) is 26.1 Å². The van der Waals surface area contributed by atoms with E-state index in [0.29, 0.717) is 23.2 Å². The third kappa shape index (κ3) is 3.42. The maximum absolute atomic E-state index is 12.3. The molecule has 1 aliphatic rings. The highest BCUT2D eigenvalue weighted by Gasteiger charge is 2.25. The van der Waals surface area contributed by atoms with Crippen LogP contribution in [0.2, 0.25) is 0 Å². The lowest BCUT2D eigenvalue weighted by Crippen LogP contribution is -2.40. The second-order valence-corrected chi connectivity index (χ2v) is 5.13. The minimum atomic E-state index is 0.0437. The number of anilines is 1. The van der Waals surface area contributed by atoms with Crippen molar-refractivity contribution >= 4 is 11.6 Å². The molecule has 1 aromatic rings. The summed E-state index contributed by atoms with van der Waals surface area (Å²) in [6, 6.07) is 5.76. The molecule has 1 amide bonds. The number of hydrogen-bond acceptors (Lipinski definition) is 4. The summed E-state index contributed by atoms with van der Waals surface area (Å²) in [6.07, 6.45) is 1.72. The van der Waals surface area contributed by atoms with Crippen LogP contribution in [-0.2, 0) is 4.79 Å². The van der Waals surface area contributed by atoms with E-state index in [9.17, 15) is 4.79 Å². The summed E-state index contributed by atoms with van der Waals surface area (Å²) in [5, 5.41) is 6.30. The van der Waals surface area contributed by atoms with Crippen LogP contribution in [0.3, 0.4) is 0 Å². The Kier molecular flexibility index (Phi) is 4.84. The molecule has 1 aromatic carbocycles. The maximum Gasteiger partial charge on any atom is 0.227 e. The molecule has 20 heavy (non-hydrogen) atoms. The molecule has 5 nitrogen and oxygen atoms in total. The lowest BCUT2D eigenvalue weighted by molar-refractivity contribution is -0.120. The van der Waals surface area contributed by atoms with Gasteiger partial charge < -0.3 is 20.1 Å². The average Bonchev–Trinajstić information content (AvgIpc) is 2.47. The maximum atomic E-state index is 12.3. The van der Waals surface area contributed by atoms with Crippen molar-refractivity contribution in [1.82, 2.24) is 5.32 Å². The van der Waals surface area contributed by atoms with Gasteiger partial charge in [-0.1, -0.05) is 0 Å². The topological polar surface area (TPSA) is 59.6 Å². The molecule has 1 saturated heterocycles. The Balaban J connectivity index is 2.10. The van der Waals surface area contributed by atoms with E-state index in [2.05, 4.69) is 17.6 Å². The van der Waals surface area contributed by atoms with Crippen LogP contribution < -0.4 is 20.1 Å². The van der Waals surface area contributed by atoms with E-state index in [1.54, 1.807) is 32.4 Å². The molecule has 0 radical (unpaired) electrons. The molecule has 2 rings (SSSR count). The van der Waals surface area contributed by atoms with E-state index in [0.717, 1.165) is 19.4 Å². The Morgan fingerprint density at radius 3 is 2.80 bits per heavy atom. The normalized spacial score (nSPS) is 22.1. The van der Waals surface area contributed by atoms with Crippen LogP contribution in [0.4, 0.5) is 5.69 Å². The first kappa shape index (κ1) is 14.7. The number of carbonyl (C=O) groups is 1. The standard InChI is InChI=1S/C15H22N2O3/c1-10-8-11(6-7-16-10)15(18)17-13-9-12(19-2)4-5-14(13)20-3/h4-5,9-11,16H,6-8H2,1-3H3,(H,17,18)/t10-,11-/m0/s1. The fraction of sp³-hybridized carbons (Fsp3) is 0.533. The summed E-state index contributed by atoms with van der Waals surface area (Å²) >= 11 is 0. The van der Waals surface area contributed by atoms with Crippen LogP contribution in [0.1, 0.15) is 19.8 Å². The predicted molar refractivity (Wildman–Crippen MR) is 78.4 cm³/mol. The quantitative estimate of drug-likeness (QED) is 0.884. The summed E-state index contributed by atoms with van der Waals surface area (Å²) in [5.74, 6) is 1.42. The molecule has 1 aliphatic heterocycles. The Labute approximate surface area is 119 Å². The van der Waals surface area contributed by atoms with Crippen molar-refractivity contribution in [2.45, 2.75) is 25.8 Å². The highest BCUT2D eigenvalue weighted by atomic mass is 16.5. The first-order valence-corrected chi connectivity index (χ1v) is 6.90. The van der Waals surface area contributed by atoms with Gasteiger partial charge in [0.05, 0.1) is 19.9 Å². The minimum absolute atomic E-state index is 0.0437. The molecular weight excluding hydrogens is 256 g/mol. The number of amides is 1. The van der Waals surface area contributed by atoms with Gasteiger partial charge in [-0.3, -0.25) is 4.79 Å². The third-order valence-electron chi connectivity index (χ3n) is 3.66. The van der Waals surface area contributed by atoms with E-state index in [1.165, 1.54) is 0 Å². The lowest BCUT2D eigenvalue weighted by atomic mass is 9.92. The van der Waals surface area contributed by atoms with Gasteiger partial charge in [-0.05, 0) is 38.4 Å². The van der Waals surface area contributed by atoms with Gasteiger partial charge in [-0.15, -0.1) is 0 Å². The van der Waals surface area contributed by atoms with E-state index in [4.69, 9.17) is 9.47 Å². The summed E-state index contributed by atoms with van der Waals surface area (Å²) in [6.45, 7) is 2.99. The molecule has 0 unspecified atom stereocenters. The first-order chi connectivity index (χ1) is 9.63. The Bertz CT molecular complexity index is 476. The summed E-state index contributed by atoms with van der Waals surface area (Å²) < 4.78 is 10.5. The molecule has 5 heteroatoms. The molecule has 0 saturated carbocycles. The van der Waals surface area contributed by atoms with Crippen LogP contribution in [-0.4, -0.2) is 32.7 Å². The molecule has 0 bridgehead atoms. The number of hydrogen-bond donors (Lipinski definition) is 2. The monoisotopic (exact) mass is 278 g/mol. The summed E-state index contributed by atoms with van der Waals surface area (Å²) in [4.78, 5) is 12.3. The van der Waals surface area contributed by atoms with Crippen LogP contribution in [0.25, 0.3) is 0 Å². The van der Waals surface area contributed by atoms with E-state index >= 15 is 0 Å². The molecule has 110 valence electrons. The van der Waals surface area contributed by atoms with Crippen molar-refractivity contribution in [1.29, 1.82) is 0 Å². The zero-order chi connectivity index (χ0) is 14.5. The average molecular weight is 278 g/mol. The van der Waals surface area contributed by atoms with Gasteiger partial charge in [0.15, 0.2) is 0 Å². The highest BCUT2D eigenvalue weighted by molar-refractivity contribution is 5.94. The van der Waals surface area contributed by atoms with Gasteiger partial charge in [0.1, 0.15) is 11.5 Å². The Morgan fingerprint density at radius 1 is 1.35 bits per heavy atom. The van der Waals surface area contributed by atoms with E-state index in [-0.39, 0.29) is 11.8 Å². The zero-order valence-electron chi connectivity index (χ0n) is 12.2. The second kappa shape index (κ2) is 6.61. The summed E-state index contributed by atoms with van der Waals surface area (Å²) in [5.41, 5.74) is 0.656. The number of nitrogens with one attached hydrogen (secondary N) is 2. The number of carbonyl (C=O) groups excluding carboxylic acids is 1.